The molecule has 3 aliphatic heterocycles. The molecule has 2 atom stereocenters. The monoisotopic (exact) mass is 99.1 g/mol. The van der Waals surface area contributed by atoms with Gasteiger partial charge in [0, 0.05) is 19.5 Å². The molecule has 3 rings (SSSR count). The third-order valence-corrected chi connectivity index (χ3v) is 1.65. The SMILES string of the molecule is C1NC[C@H]2CC1O2. The minimum Gasteiger partial charge on any atom is -0.372 e. The van der Waals surface area contributed by atoms with Crippen molar-refractivity contribution in [1.82, 2.24) is 5.32 Å². The third kappa shape index (κ3) is 0.469. The normalized spacial score (nSPS) is 48.0. The Morgan fingerprint density at radius 3 is 2.00 bits per heavy atom. The van der Waals surface area contributed by atoms with E-state index in [4.69, 9.17) is 4.74 Å². The zero-order chi connectivity index (χ0) is 4.69. The van der Waals surface area contributed by atoms with Gasteiger partial charge in [-0.1, -0.05) is 0 Å². The molecule has 0 aromatic carbocycles. The van der Waals surface area contributed by atoms with Crippen molar-refractivity contribution in [3.8, 4) is 0 Å². The zero-order valence-corrected chi connectivity index (χ0v) is 4.18. The van der Waals surface area contributed by atoms with Crippen LogP contribution < -0.4 is 5.32 Å². The van der Waals surface area contributed by atoms with Crippen molar-refractivity contribution >= 4 is 0 Å². The van der Waals surface area contributed by atoms with Gasteiger partial charge in [0.15, 0.2) is 0 Å². The van der Waals surface area contributed by atoms with Gasteiger partial charge in [-0.25, -0.2) is 0 Å². The summed E-state index contributed by atoms with van der Waals surface area (Å²) in [7, 11) is 0. The van der Waals surface area contributed by atoms with Crippen LogP contribution in [-0.2, 0) is 4.74 Å². The van der Waals surface area contributed by atoms with Crippen molar-refractivity contribution in [2.45, 2.75) is 18.6 Å². The molecule has 2 bridgehead atoms. The highest BCUT2D eigenvalue weighted by Crippen LogP contribution is 2.22. The van der Waals surface area contributed by atoms with Gasteiger partial charge in [0.25, 0.3) is 0 Å². The molecule has 3 heterocycles. The number of piperidine rings is 1. The first-order chi connectivity index (χ1) is 3.45. The van der Waals surface area contributed by atoms with Crippen molar-refractivity contribution < 1.29 is 4.74 Å². The average Bonchev–Trinajstić information content (AvgIpc) is 1.67. The van der Waals surface area contributed by atoms with Crippen LogP contribution in [0.25, 0.3) is 0 Å². The van der Waals surface area contributed by atoms with Gasteiger partial charge in [-0.05, 0) is 0 Å². The Kier molecular flexibility index (Phi) is 0.664. The van der Waals surface area contributed by atoms with E-state index in [0.717, 1.165) is 13.1 Å². The van der Waals surface area contributed by atoms with Gasteiger partial charge in [-0.2, -0.15) is 0 Å². The first-order valence-electron chi connectivity index (χ1n) is 2.81. The molecule has 1 N–H and O–H groups in total. The van der Waals surface area contributed by atoms with Gasteiger partial charge in [0.1, 0.15) is 0 Å². The van der Waals surface area contributed by atoms with Crippen LogP contribution in [0.3, 0.4) is 0 Å². The second-order valence-corrected chi connectivity index (χ2v) is 2.27. The zero-order valence-electron chi connectivity index (χ0n) is 4.18. The van der Waals surface area contributed by atoms with Gasteiger partial charge in [0.05, 0.1) is 12.2 Å². The molecular weight excluding hydrogens is 90.1 g/mol. The van der Waals surface area contributed by atoms with Crippen LogP contribution in [0.5, 0.6) is 0 Å². The molecule has 0 aromatic heterocycles. The molecule has 0 amide bonds. The topological polar surface area (TPSA) is 21.3 Å². The van der Waals surface area contributed by atoms with Crippen molar-refractivity contribution in [1.29, 1.82) is 0 Å². The molecule has 0 aliphatic carbocycles. The predicted octanol–water partition coefficient (Wildman–Crippen LogP) is -0.253. The fourth-order valence-corrected chi connectivity index (χ4v) is 1.22. The molecule has 3 fully saturated rings. The summed E-state index contributed by atoms with van der Waals surface area (Å²) in [5.74, 6) is 0. The molecule has 2 nitrogen and oxygen atoms in total. The fourth-order valence-electron chi connectivity index (χ4n) is 1.22. The number of hydrogen-bond donors (Lipinski definition) is 1. The summed E-state index contributed by atoms with van der Waals surface area (Å²) in [5, 5.41) is 3.26. The summed E-state index contributed by atoms with van der Waals surface area (Å²) < 4.78 is 5.31. The van der Waals surface area contributed by atoms with Crippen molar-refractivity contribution in [3.63, 3.8) is 0 Å². The largest absolute Gasteiger partial charge is 0.372 e. The highest BCUT2D eigenvalue weighted by atomic mass is 16.5. The lowest BCUT2D eigenvalue weighted by Crippen LogP contribution is -2.55. The second kappa shape index (κ2) is 1.20. The minimum atomic E-state index is 0.568. The number of nitrogens with one attached hydrogen (secondary N) is 1. The number of morpholine rings is 1. The Balaban J connectivity index is 1.99. The lowest BCUT2D eigenvalue weighted by Gasteiger charge is -2.41. The second-order valence-electron chi connectivity index (χ2n) is 2.27. The van der Waals surface area contributed by atoms with Crippen molar-refractivity contribution in [2.75, 3.05) is 13.1 Å². The van der Waals surface area contributed by atoms with E-state index >= 15 is 0 Å². The predicted molar refractivity (Wildman–Crippen MR) is 26.1 cm³/mol. The first-order valence-corrected chi connectivity index (χ1v) is 2.81. The average molecular weight is 99.1 g/mol. The van der Waals surface area contributed by atoms with E-state index in [1.54, 1.807) is 0 Å². The maximum absolute atomic E-state index is 5.31. The van der Waals surface area contributed by atoms with Crippen molar-refractivity contribution in [2.24, 2.45) is 0 Å². The minimum absolute atomic E-state index is 0.568. The Bertz CT molecular complexity index is 64.6. The lowest BCUT2D eigenvalue weighted by atomic mass is 10.0. The number of fused-ring (bicyclic) bond motifs is 2. The van der Waals surface area contributed by atoms with Gasteiger partial charge < -0.3 is 10.1 Å². The van der Waals surface area contributed by atoms with E-state index in [9.17, 15) is 0 Å². The van der Waals surface area contributed by atoms with Crippen LogP contribution in [-0.4, -0.2) is 25.3 Å². The van der Waals surface area contributed by atoms with Gasteiger partial charge >= 0.3 is 0 Å². The van der Waals surface area contributed by atoms with E-state index in [1.165, 1.54) is 6.42 Å². The Morgan fingerprint density at radius 1 is 1.29 bits per heavy atom. The lowest BCUT2D eigenvalue weighted by molar-refractivity contribution is -0.143. The molecule has 40 valence electrons. The van der Waals surface area contributed by atoms with Crippen LogP contribution in [0.2, 0.25) is 0 Å². The van der Waals surface area contributed by atoms with E-state index in [1.807, 2.05) is 0 Å². The van der Waals surface area contributed by atoms with Crippen LogP contribution in [0.4, 0.5) is 0 Å². The molecule has 0 aromatic rings. The maximum Gasteiger partial charge on any atom is 0.0729 e. The molecule has 0 spiro atoms. The standard InChI is InChI=1S/C5H9NO/c1-4-2-6-3-5(1)7-4/h4-6H,1-3H2/t4-,5?/m1/s1. The van der Waals surface area contributed by atoms with Gasteiger partial charge in [-0.15, -0.1) is 0 Å². The van der Waals surface area contributed by atoms with Gasteiger partial charge in [-0.3, -0.25) is 0 Å². The molecule has 2 heteroatoms. The summed E-state index contributed by atoms with van der Waals surface area (Å²) in [6, 6.07) is 0. The number of ether oxygens (including phenoxy) is 1. The van der Waals surface area contributed by atoms with E-state index in [0.29, 0.717) is 12.2 Å². The molecule has 0 saturated carbocycles. The van der Waals surface area contributed by atoms with Crippen LogP contribution in [0.15, 0.2) is 0 Å². The van der Waals surface area contributed by atoms with Gasteiger partial charge in [0.2, 0.25) is 0 Å². The van der Waals surface area contributed by atoms with Crippen LogP contribution >= 0.6 is 0 Å². The number of rotatable bonds is 0. The summed E-state index contributed by atoms with van der Waals surface area (Å²) in [6.45, 7) is 2.16. The molecule has 3 saturated heterocycles. The number of hydrogen-bond acceptors (Lipinski definition) is 2. The third-order valence-electron chi connectivity index (χ3n) is 1.65. The summed E-state index contributed by atoms with van der Waals surface area (Å²) in [5.41, 5.74) is 0. The highest BCUT2D eigenvalue weighted by Gasteiger charge is 2.33. The van der Waals surface area contributed by atoms with E-state index in [-0.39, 0.29) is 0 Å². The smallest absolute Gasteiger partial charge is 0.0729 e. The summed E-state index contributed by atoms with van der Waals surface area (Å²) in [4.78, 5) is 0. The Morgan fingerprint density at radius 2 is 1.86 bits per heavy atom. The Hall–Kier alpha value is -0.0800. The van der Waals surface area contributed by atoms with Crippen LogP contribution in [0.1, 0.15) is 6.42 Å². The molecule has 7 heavy (non-hydrogen) atoms. The highest BCUT2D eigenvalue weighted by molar-refractivity contribution is 4.86. The first kappa shape index (κ1) is 3.87. The van der Waals surface area contributed by atoms with E-state index in [2.05, 4.69) is 5.32 Å². The maximum atomic E-state index is 5.31. The summed E-state index contributed by atoms with van der Waals surface area (Å²) >= 11 is 0. The molecule has 3 aliphatic rings. The quantitative estimate of drug-likeness (QED) is 0.452. The summed E-state index contributed by atoms with van der Waals surface area (Å²) in [6.07, 6.45) is 2.44. The Labute approximate surface area is 42.9 Å². The van der Waals surface area contributed by atoms with Crippen LogP contribution in [0, 0.1) is 0 Å². The van der Waals surface area contributed by atoms with Crippen molar-refractivity contribution in [3.05, 3.63) is 0 Å². The molecule has 1 unspecified atom stereocenters. The fraction of sp³-hybridized carbons (Fsp3) is 1.00. The molecule has 0 radical (unpaired) electrons. The molecular formula is C5H9NO. The van der Waals surface area contributed by atoms with E-state index < -0.39 is 0 Å².